The molecular formula is C17H18N2O3S. The van der Waals surface area contributed by atoms with Crippen molar-refractivity contribution in [3.05, 3.63) is 72.3 Å². The van der Waals surface area contributed by atoms with Gasteiger partial charge in [-0.15, -0.1) is 6.58 Å². The second kappa shape index (κ2) is 7.11. The highest BCUT2D eigenvalue weighted by atomic mass is 32.2. The summed E-state index contributed by atoms with van der Waals surface area (Å²) < 4.78 is 27.3. The van der Waals surface area contributed by atoms with E-state index >= 15 is 0 Å². The van der Waals surface area contributed by atoms with E-state index in [0.29, 0.717) is 17.8 Å². The Kier molecular flexibility index (Phi) is 5.18. The van der Waals surface area contributed by atoms with Crippen LogP contribution in [-0.2, 0) is 10.0 Å². The van der Waals surface area contributed by atoms with E-state index in [9.17, 15) is 13.2 Å². The number of amides is 1. The molecule has 0 atom stereocenters. The molecule has 5 nitrogen and oxygen atoms in total. The van der Waals surface area contributed by atoms with Crippen molar-refractivity contribution in [3.8, 4) is 0 Å². The molecule has 0 aliphatic heterocycles. The molecule has 1 amide bonds. The highest BCUT2D eigenvalue weighted by molar-refractivity contribution is 7.92. The predicted octanol–water partition coefficient (Wildman–Crippen LogP) is 2.71. The first kappa shape index (κ1) is 16.8. The molecule has 23 heavy (non-hydrogen) atoms. The summed E-state index contributed by atoms with van der Waals surface area (Å²) in [6.45, 7) is 5.65. The maximum absolute atomic E-state index is 12.4. The van der Waals surface area contributed by atoms with Crippen LogP contribution in [0.2, 0.25) is 0 Å². The Hall–Kier alpha value is -2.60. The summed E-state index contributed by atoms with van der Waals surface area (Å²) >= 11 is 0. The average Bonchev–Trinajstić information content (AvgIpc) is 2.55. The van der Waals surface area contributed by atoms with Gasteiger partial charge in [0.25, 0.3) is 15.9 Å². The minimum Gasteiger partial charge on any atom is -0.349 e. The quantitative estimate of drug-likeness (QED) is 0.800. The zero-order chi connectivity index (χ0) is 16.9. The smallest absolute Gasteiger partial charge is 0.261 e. The number of carbonyl (C=O) groups is 1. The maximum Gasteiger partial charge on any atom is 0.261 e. The van der Waals surface area contributed by atoms with Crippen LogP contribution in [0.3, 0.4) is 0 Å². The fourth-order valence-electron chi connectivity index (χ4n) is 1.94. The number of rotatable bonds is 6. The molecule has 6 heteroatoms. The number of nitrogens with one attached hydrogen (secondary N) is 2. The van der Waals surface area contributed by atoms with E-state index in [1.54, 1.807) is 43.3 Å². The van der Waals surface area contributed by atoms with Gasteiger partial charge >= 0.3 is 0 Å². The fraction of sp³-hybridized carbons (Fsp3) is 0.118. The van der Waals surface area contributed by atoms with Gasteiger partial charge in [0.05, 0.1) is 10.6 Å². The van der Waals surface area contributed by atoms with Crippen molar-refractivity contribution in [2.75, 3.05) is 11.3 Å². The summed E-state index contributed by atoms with van der Waals surface area (Å²) in [6.07, 6.45) is 1.57. The number of hydrogen-bond donors (Lipinski definition) is 2. The fourth-order valence-corrected chi connectivity index (χ4v) is 3.09. The van der Waals surface area contributed by atoms with Gasteiger partial charge in [-0.05, 0) is 36.8 Å². The molecule has 0 saturated heterocycles. The van der Waals surface area contributed by atoms with E-state index < -0.39 is 10.0 Å². The SMILES string of the molecule is C=CCNC(=O)c1ccc(C)c(NS(=O)(=O)c2ccccc2)c1. The molecule has 0 aromatic heterocycles. The molecule has 0 saturated carbocycles. The third-order valence-corrected chi connectivity index (χ3v) is 4.59. The van der Waals surface area contributed by atoms with Crippen molar-refractivity contribution in [2.24, 2.45) is 0 Å². The van der Waals surface area contributed by atoms with Crippen molar-refractivity contribution < 1.29 is 13.2 Å². The molecule has 0 heterocycles. The zero-order valence-corrected chi connectivity index (χ0v) is 13.6. The number of hydrogen-bond acceptors (Lipinski definition) is 3. The standard InChI is InChI=1S/C17H18N2O3S/c1-3-11-18-17(20)14-10-9-13(2)16(12-14)19-23(21,22)15-7-5-4-6-8-15/h3-10,12,19H,1,11H2,2H3,(H,18,20). The zero-order valence-electron chi connectivity index (χ0n) is 12.7. The molecule has 0 fully saturated rings. The van der Waals surface area contributed by atoms with Gasteiger partial charge in [0.2, 0.25) is 0 Å². The number of carbonyl (C=O) groups excluding carboxylic acids is 1. The van der Waals surface area contributed by atoms with Gasteiger partial charge in [-0.3, -0.25) is 9.52 Å². The molecule has 0 unspecified atom stereocenters. The van der Waals surface area contributed by atoms with Crippen LogP contribution in [0.15, 0.2) is 66.1 Å². The molecule has 2 rings (SSSR count). The molecule has 0 aliphatic rings. The first-order valence-corrected chi connectivity index (χ1v) is 8.50. The molecule has 120 valence electrons. The Morgan fingerprint density at radius 2 is 1.87 bits per heavy atom. The summed E-state index contributed by atoms with van der Waals surface area (Å²) in [5, 5.41) is 2.66. The van der Waals surface area contributed by atoms with E-state index in [4.69, 9.17) is 0 Å². The first-order chi connectivity index (χ1) is 10.9. The van der Waals surface area contributed by atoms with E-state index in [2.05, 4.69) is 16.6 Å². The monoisotopic (exact) mass is 330 g/mol. The Morgan fingerprint density at radius 3 is 2.52 bits per heavy atom. The Bertz CT molecular complexity index is 815. The Morgan fingerprint density at radius 1 is 1.17 bits per heavy atom. The van der Waals surface area contributed by atoms with Crippen molar-refractivity contribution in [1.82, 2.24) is 5.32 Å². The van der Waals surface area contributed by atoms with Crippen LogP contribution in [0.5, 0.6) is 0 Å². The van der Waals surface area contributed by atoms with E-state index in [-0.39, 0.29) is 10.8 Å². The Labute approximate surface area is 136 Å². The van der Waals surface area contributed by atoms with Crippen LogP contribution < -0.4 is 10.0 Å². The van der Waals surface area contributed by atoms with Gasteiger partial charge in [0, 0.05) is 12.1 Å². The number of aryl methyl sites for hydroxylation is 1. The predicted molar refractivity (Wildman–Crippen MR) is 91.0 cm³/mol. The van der Waals surface area contributed by atoms with Crippen molar-refractivity contribution in [1.29, 1.82) is 0 Å². The second-order valence-electron chi connectivity index (χ2n) is 4.95. The van der Waals surface area contributed by atoms with Crippen LogP contribution in [0.1, 0.15) is 15.9 Å². The first-order valence-electron chi connectivity index (χ1n) is 7.01. The lowest BCUT2D eigenvalue weighted by Crippen LogP contribution is -2.23. The van der Waals surface area contributed by atoms with Crippen molar-refractivity contribution in [2.45, 2.75) is 11.8 Å². The van der Waals surface area contributed by atoms with E-state index in [1.165, 1.54) is 18.2 Å². The van der Waals surface area contributed by atoms with Gasteiger partial charge < -0.3 is 5.32 Å². The lowest BCUT2D eigenvalue weighted by molar-refractivity contribution is 0.0958. The number of benzene rings is 2. The number of sulfonamides is 1. The molecule has 0 bridgehead atoms. The van der Waals surface area contributed by atoms with Gasteiger partial charge in [0.15, 0.2) is 0 Å². The third kappa shape index (κ3) is 4.20. The average molecular weight is 330 g/mol. The number of anilines is 1. The molecule has 2 aromatic carbocycles. The normalized spacial score (nSPS) is 10.8. The largest absolute Gasteiger partial charge is 0.349 e. The topological polar surface area (TPSA) is 75.3 Å². The van der Waals surface area contributed by atoms with Gasteiger partial charge in [-0.2, -0.15) is 0 Å². The van der Waals surface area contributed by atoms with Crippen LogP contribution in [0, 0.1) is 6.92 Å². The van der Waals surface area contributed by atoms with Gasteiger partial charge in [0.1, 0.15) is 0 Å². The highest BCUT2D eigenvalue weighted by Gasteiger charge is 2.16. The van der Waals surface area contributed by atoms with Crippen LogP contribution >= 0.6 is 0 Å². The third-order valence-electron chi connectivity index (χ3n) is 3.20. The maximum atomic E-state index is 12.4. The lowest BCUT2D eigenvalue weighted by Gasteiger charge is -2.12. The Balaban J connectivity index is 2.29. The van der Waals surface area contributed by atoms with Gasteiger partial charge in [-0.1, -0.05) is 30.3 Å². The molecule has 0 radical (unpaired) electrons. The lowest BCUT2D eigenvalue weighted by atomic mass is 10.1. The summed E-state index contributed by atoms with van der Waals surface area (Å²) in [4.78, 5) is 12.1. The molecular weight excluding hydrogens is 312 g/mol. The summed E-state index contributed by atoms with van der Waals surface area (Å²) in [5.74, 6) is -0.287. The summed E-state index contributed by atoms with van der Waals surface area (Å²) in [6, 6.07) is 12.9. The van der Waals surface area contributed by atoms with Crippen LogP contribution in [-0.4, -0.2) is 20.9 Å². The molecule has 0 aliphatic carbocycles. The van der Waals surface area contributed by atoms with Crippen LogP contribution in [0.25, 0.3) is 0 Å². The summed E-state index contributed by atoms with van der Waals surface area (Å²) in [5.41, 5.74) is 1.48. The molecule has 0 spiro atoms. The van der Waals surface area contributed by atoms with Crippen LogP contribution in [0.4, 0.5) is 5.69 Å². The van der Waals surface area contributed by atoms with Gasteiger partial charge in [-0.25, -0.2) is 8.42 Å². The minimum absolute atomic E-state index is 0.168. The van der Waals surface area contributed by atoms with E-state index in [0.717, 1.165) is 5.56 Å². The molecule has 2 N–H and O–H groups in total. The minimum atomic E-state index is -3.69. The van der Waals surface area contributed by atoms with Crippen molar-refractivity contribution >= 4 is 21.6 Å². The second-order valence-corrected chi connectivity index (χ2v) is 6.63. The van der Waals surface area contributed by atoms with Crippen molar-refractivity contribution in [3.63, 3.8) is 0 Å². The summed E-state index contributed by atoms with van der Waals surface area (Å²) in [7, 11) is -3.69. The van der Waals surface area contributed by atoms with E-state index in [1.807, 2.05) is 0 Å². The molecule has 2 aromatic rings. The highest BCUT2D eigenvalue weighted by Crippen LogP contribution is 2.21.